The normalized spacial score (nSPS) is 28.9. The fraction of sp³-hybridized carbons (Fsp3) is 0.625. The van der Waals surface area contributed by atoms with Crippen LogP contribution in [-0.4, -0.2) is 49.3 Å². The Bertz CT molecular complexity index is 608. The Morgan fingerprint density at radius 3 is 3.00 bits per heavy atom. The summed E-state index contributed by atoms with van der Waals surface area (Å²) in [5.74, 6) is 0.591. The van der Waals surface area contributed by atoms with E-state index in [1.807, 2.05) is 31.2 Å². The van der Waals surface area contributed by atoms with Crippen molar-refractivity contribution in [3.63, 3.8) is 0 Å². The minimum Gasteiger partial charge on any atom is -0.375 e. The molecule has 1 saturated heterocycles. The van der Waals surface area contributed by atoms with Crippen molar-refractivity contribution in [2.24, 2.45) is 13.0 Å². The molecule has 1 aliphatic carbocycles. The number of nitrogens with zero attached hydrogens (tertiary/aromatic N) is 5. The highest BCUT2D eigenvalue weighted by molar-refractivity contribution is 5.01. The van der Waals surface area contributed by atoms with Crippen LogP contribution in [0.2, 0.25) is 0 Å². The molecule has 0 radical (unpaired) electrons. The molecule has 2 fully saturated rings. The Kier molecular flexibility index (Phi) is 3.72. The second-order valence-corrected chi connectivity index (χ2v) is 6.47. The molecule has 2 aromatic rings. The van der Waals surface area contributed by atoms with E-state index in [-0.39, 0.29) is 0 Å². The van der Waals surface area contributed by atoms with Gasteiger partial charge >= 0.3 is 0 Å². The zero-order chi connectivity index (χ0) is 14.9. The number of fused-ring (bicyclic) bond motifs is 1. The molecule has 4 rings (SSSR count). The van der Waals surface area contributed by atoms with Gasteiger partial charge < -0.3 is 13.9 Å². The lowest BCUT2D eigenvalue weighted by atomic mass is 10.0. The third kappa shape index (κ3) is 2.57. The lowest BCUT2D eigenvalue weighted by Gasteiger charge is -2.39. The number of imidazole rings is 2. The lowest BCUT2D eigenvalue weighted by molar-refractivity contribution is -0.0791. The summed E-state index contributed by atoms with van der Waals surface area (Å²) in [6, 6.07) is 0.539. The van der Waals surface area contributed by atoms with Crippen molar-refractivity contribution in [3.8, 4) is 0 Å². The van der Waals surface area contributed by atoms with Crippen molar-refractivity contribution < 1.29 is 4.74 Å². The van der Waals surface area contributed by atoms with Crippen LogP contribution >= 0.6 is 0 Å². The molecule has 2 aromatic heterocycles. The maximum absolute atomic E-state index is 6.15. The number of aromatic nitrogens is 4. The van der Waals surface area contributed by atoms with Crippen LogP contribution in [0, 0.1) is 5.92 Å². The van der Waals surface area contributed by atoms with Crippen LogP contribution in [0.1, 0.15) is 18.5 Å². The van der Waals surface area contributed by atoms with E-state index in [4.69, 9.17) is 4.74 Å². The zero-order valence-corrected chi connectivity index (χ0v) is 13.0. The van der Waals surface area contributed by atoms with Crippen molar-refractivity contribution >= 4 is 0 Å². The van der Waals surface area contributed by atoms with Gasteiger partial charge in [-0.05, 0) is 12.8 Å². The van der Waals surface area contributed by atoms with Crippen molar-refractivity contribution in [1.82, 2.24) is 24.0 Å². The van der Waals surface area contributed by atoms with Crippen LogP contribution in [-0.2, 0) is 24.9 Å². The molecule has 118 valence electrons. The smallest absolute Gasteiger partial charge is 0.0946 e. The zero-order valence-electron chi connectivity index (χ0n) is 13.0. The van der Waals surface area contributed by atoms with Crippen LogP contribution in [0.3, 0.4) is 0 Å². The van der Waals surface area contributed by atoms with Crippen LogP contribution in [0.25, 0.3) is 0 Å². The van der Waals surface area contributed by atoms with E-state index in [1.165, 1.54) is 18.5 Å². The number of ether oxygens (including phenoxy) is 1. The highest BCUT2D eigenvalue weighted by Gasteiger charge is 2.42. The Balaban J connectivity index is 1.45. The average Bonchev–Trinajstić information content (AvgIpc) is 3.24. The maximum atomic E-state index is 6.15. The molecule has 3 heterocycles. The molecule has 22 heavy (non-hydrogen) atoms. The first-order chi connectivity index (χ1) is 10.8. The van der Waals surface area contributed by atoms with Crippen LogP contribution in [0.5, 0.6) is 0 Å². The summed E-state index contributed by atoms with van der Waals surface area (Å²) < 4.78 is 10.4. The summed E-state index contributed by atoms with van der Waals surface area (Å²) in [6.45, 7) is 3.84. The summed E-state index contributed by atoms with van der Waals surface area (Å²) in [7, 11) is 2.07. The molecule has 0 amide bonds. The number of hydrogen-bond donors (Lipinski definition) is 0. The van der Waals surface area contributed by atoms with Crippen LogP contribution in [0.4, 0.5) is 0 Å². The van der Waals surface area contributed by atoms with Crippen molar-refractivity contribution in [2.45, 2.75) is 38.1 Å². The number of rotatable bonds is 4. The van der Waals surface area contributed by atoms with E-state index in [9.17, 15) is 0 Å². The van der Waals surface area contributed by atoms with Crippen LogP contribution in [0.15, 0.2) is 31.2 Å². The van der Waals surface area contributed by atoms with Crippen molar-refractivity contribution in [2.75, 3.05) is 13.2 Å². The Morgan fingerprint density at radius 1 is 1.27 bits per heavy atom. The van der Waals surface area contributed by atoms with Gasteiger partial charge in [0.1, 0.15) is 0 Å². The van der Waals surface area contributed by atoms with Gasteiger partial charge in [-0.25, -0.2) is 9.97 Å². The standard InChI is InChI=1S/C16H23N5O/c1-19-11-18-8-14(19)10-21-6-7-22-16-13(2-3-15(16)21)9-20-5-4-17-12-20/h4-5,8,11-13,15-16H,2-3,6-7,9-10H2,1H3/t13-,15+,16-/m1/s1. The van der Waals surface area contributed by atoms with Gasteiger partial charge in [-0.15, -0.1) is 0 Å². The van der Waals surface area contributed by atoms with Crippen molar-refractivity contribution in [1.29, 1.82) is 0 Å². The molecule has 1 aliphatic heterocycles. The van der Waals surface area contributed by atoms with E-state index in [0.29, 0.717) is 18.1 Å². The Morgan fingerprint density at radius 2 is 2.23 bits per heavy atom. The summed E-state index contributed by atoms with van der Waals surface area (Å²) in [6.07, 6.45) is 12.5. The molecule has 0 bridgehead atoms. The maximum Gasteiger partial charge on any atom is 0.0946 e. The largest absolute Gasteiger partial charge is 0.375 e. The quantitative estimate of drug-likeness (QED) is 0.854. The van der Waals surface area contributed by atoms with Gasteiger partial charge in [-0.3, -0.25) is 4.90 Å². The summed E-state index contributed by atoms with van der Waals surface area (Å²) in [4.78, 5) is 11.0. The number of aryl methyl sites for hydroxylation is 1. The number of hydrogen-bond acceptors (Lipinski definition) is 4. The molecule has 6 nitrogen and oxygen atoms in total. The SMILES string of the molecule is Cn1cncc1CN1CCO[C@@H]2[C@@H](Cn3ccnc3)CC[C@@H]21. The predicted octanol–water partition coefficient (Wildman–Crippen LogP) is 1.30. The molecule has 6 heteroatoms. The van der Waals surface area contributed by atoms with Gasteiger partial charge in [0, 0.05) is 57.2 Å². The molecule has 0 aromatic carbocycles. The first kappa shape index (κ1) is 14.0. The summed E-state index contributed by atoms with van der Waals surface area (Å²) in [5.41, 5.74) is 1.28. The minimum atomic E-state index is 0.351. The first-order valence-corrected chi connectivity index (χ1v) is 8.08. The second kappa shape index (κ2) is 5.85. The van der Waals surface area contributed by atoms with E-state index < -0.39 is 0 Å². The van der Waals surface area contributed by atoms with Gasteiger partial charge in [0.15, 0.2) is 0 Å². The molecule has 0 spiro atoms. The molecular weight excluding hydrogens is 278 g/mol. The topological polar surface area (TPSA) is 48.1 Å². The fourth-order valence-electron chi connectivity index (χ4n) is 3.94. The molecule has 0 unspecified atom stereocenters. The molecule has 0 N–H and O–H groups in total. The van der Waals surface area contributed by atoms with Gasteiger partial charge in [0.25, 0.3) is 0 Å². The van der Waals surface area contributed by atoms with E-state index >= 15 is 0 Å². The van der Waals surface area contributed by atoms with Gasteiger partial charge in [0.2, 0.25) is 0 Å². The Hall–Kier alpha value is -1.66. The molecule has 1 saturated carbocycles. The third-order valence-corrected chi connectivity index (χ3v) is 5.12. The summed E-state index contributed by atoms with van der Waals surface area (Å²) >= 11 is 0. The van der Waals surface area contributed by atoms with Gasteiger partial charge in [-0.2, -0.15) is 0 Å². The first-order valence-electron chi connectivity index (χ1n) is 8.08. The minimum absolute atomic E-state index is 0.351. The van der Waals surface area contributed by atoms with E-state index in [2.05, 4.69) is 31.0 Å². The van der Waals surface area contributed by atoms with Gasteiger partial charge in [0.05, 0.1) is 31.1 Å². The monoisotopic (exact) mass is 301 g/mol. The second-order valence-electron chi connectivity index (χ2n) is 6.47. The summed E-state index contributed by atoms with van der Waals surface area (Å²) in [5, 5.41) is 0. The van der Waals surface area contributed by atoms with E-state index in [1.54, 1.807) is 0 Å². The van der Waals surface area contributed by atoms with Crippen LogP contribution < -0.4 is 0 Å². The molecular formula is C16H23N5O. The Labute approximate surface area is 130 Å². The highest BCUT2D eigenvalue weighted by atomic mass is 16.5. The van der Waals surface area contributed by atoms with Crippen molar-refractivity contribution in [3.05, 3.63) is 36.9 Å². The highest BCUT2D eigenvalue weighted by Crippen LogP contribution is 2.36. The van der Waals surface area contributed by atoms with E-state index in [0.717, 1.165) is 26.2 Å². The number of morpholine rings is 1. The predicted molar refractivity (Wildman–Crippen MR) is 82.1 cm³/mol. The lowest BCUT2D eigenvalue weighted by Crippen LogP contribution is -2.50. The van der Waals surface area contributed by atoms with Gasteiger partial charge in [-0.1, -0.05) is 0 Å². The average molecular weight is 301 g/mol. The third-order valence-electron chi connectivity index (χ3n) is 5.12. The molecule has 3 atom stereocenters. The molecule has 2 aliphatic rings. The fourth-order valence-corrected chi connectivity index (χ4v) is 3.94.